The topological polar surface area (TPSA) is 150 Å². The van der Waals surface area contributed by atoms with E-state index in [4.69, 9.17) is 24.2 Å². The lowest BCUT2D eigenvalue weighted by atomic mass is 10.1. The van der Waals surface area contributed by atoms with Gasteiger partial charge in [-0.2, -0.15) is 17.0 Å². The summed E-state index contributed by atoms with van der Waals surface area (Å²) < 4.78 is 19.9. The van der Waals surface area contributed by atoms with Gasteiger partial charge in [0.2, 0.25) is 0 Å². The highest BCUT2D eigenvalue weighted by molar-refractivity contribution is 7.98. The van der Waals surface area contributed by atoms with Gasteiger partial charge in [0.1, 0.15) is 18.7 Å². The zero-order valence-corrected chi connectivity index (χ0v) is 16.9. The molecule has 0 aliphatic rings. The third kappa shape index (κ3) is 7.38. The second kappa shape index (κ2) is 12.3. The highest BCUT2D eigenvalue weighted by Gasteiger charge is 2.24. The molecule has 1 aromatic rings. The quantitative estimate of drug-likeness (QED) is 0.315. The molecule has 0 spiro atoms. The fourth-order valence-corrected chi connectivity index (χ4v) is 2.68. The van der Waals surface area contributed by atoms with Crippen molar-refractivity contribution < 1.29 is 33.5 Å². The van der Waals surface area contributed by atoms with E-state index in [0.29, 0.717) is 5.75 Å². The Hall–Kier alpha value is -3.20. The summed E-state index contributed by atoms with van der Waals surface area (Å²) in [6.07, 6.45) is 1.12. The minimum Gasteiger partial charge on any atom is -0.493 e. The molecule has 0 saturated heterocycles. The van der Waals surface area contributed by atoms with E-state index in [2.05, 4.69) is 5.32 Å². The smallest absolute Gasteiger partial charge is 0.408 e. The van der Waals surface area contributed by atoms with Crippen molar-refractivity contribution in [2.75, 3.05) is 32.8 Å². The van der Waals surface area contributed by atoms with Gasteiger partial charge in [-0.15, -0.1) is 0 Å². The van der Waals surface area contributed by atoms with E-state index in [1.54, 1.807) is 6.07 Å². The van der Waals surface area contributed by atoms with Gasteiger partial charge in [0.05, 0.1) is 30.8 Å². The number of nitro groups is 1. The number of hydrogen-bond acceptors (Lipinski definition) is 10. The lowest BCUT2D eigenvalue weighted by molar-refractivity contribution is -0.385. The molecule has 11 nitrogen and oxygen atoms in total. The van der Waals surface area contributed by atoms with Crippen molar-refractivity contribution in [3.05, 3.63) is 27.8 Å². The van der Waals surface area contributed by atoms with Crippen LogP contribution in [0.4, 0.5) is 10.5 Å². The van der Waals surface area contributed by atoms with Crippen molar-refractivity contribution in [2.45, 2.75) is 19.1 Å². The van der Waals surface area contributed by atoms with Gasteiger partial charge in [0.25, 0.3) is 5.69 Å². The Balaban J connectivity index is 2.87. The molecular formula is C17H21N3O8S. The number of nitrogens with zero attached hydrogens (tertiary/aromatic N) is 2. The van der Waals surface area contributed by atoms with Gasteiger partial charge < -0.3 is 24.3 Å². The molecule has 0 heterocycles. The Morgan fingerprint density at radius 2 is 1.93 bits per heavy atom. The molecule has 12 heteroatoms. The predicted octanol–water partition coefficient (Wildman–Crippen LogP) is 2.03. The average molecular weight is 427 g/mol. The molecule has 0 aromatic heterocycles. The maximum atomic E-state index is 12.1. The van der Waals surface area contributed by atoms with Crippen LogP contribution in [0.25, 0.3) is 0 Å². The number of ether oxygens (including phenoxy) is 4. The number of thioether (sulfide) groups is 1. The minimum atomic E-state index is -1.01. The normalized spacial score (nSPS) is 11.0. The fraction of sp³-hybridized carbons (Fsp3) is 0.471. The number of hydrogen-bond donors (Lipinski definition) is 1. The molecule has 0 saturated carbocycles. The Bertz CT molecular complexity index is 781. The van der Waals surface area contributed by atoms with Gasteiger partial charge in [-0.3, -0.25) is 10.1 Å². The Kier molecular flexibility index (Phi) is 10.1. The van der Waals surface area contributed by atoms with Crippen LogP contribution in [0.3, 0.4) is 0 Å². The van der Waals surface area contributed by atoms with Crippen LogP contribution in [0.5, 0.6) is 11.5 Å². The number of methoxy groups -OCH3 is 2. The van der Waals surface area contributed by atoms with E-state index >= 15 is 0 Å². The molecule has 0 unspecified atom stereocenters. The third-order valence-electron chi connectivity index (χ3n) is 3.61. The Labute approximate surface area is 171 Å². The first-order valence-corrected chi connectivity index (χ1v) is 9.62. The van der Waals surface area contributed by atoms with Crippen LogP contribution in [-0.2, 0) is 20.9 Å². The zero-order chi connectivity index (χ0) is 21.8. The first kappa shape index (κ1) is 23.8. The van der Waals surface area contributed by atoms with Crippen LogP contribution in [0, 0.1) is 21.4 Å². The van der Waals surface area contributed by atoms with E-state index in [0.717, 1.165) is 6.07 Å². The molecule has 29 heavy (non-hydrogen) atoms. The highest BCUT2D eigenvalue weighted by atomic mass is 32.2. The van der Waals surface area contributed by atoms with Gasteiger partial charge >= 0.3 is 12.1 Å². The predicted molar refractivity (Wildman–Crippen MR) is 103 cm³/mol. The molecule has 1 N–H and O–H groups in total. The minimum absolute atomic E-state index is 0.0792. The number of rotatable bonds is 11. The summed E-state index contributed by atoms with van der Waals surface area (Å²) in [5.74, 6) is 0.169. The van der Waals surface area contributed by atoms with Crippen LogP contribution in [0.15, 0.2) is 12.1 Å². The van der Waals surface area contributed by atoms with Gasteiger partial charge in [-0.05, 0) is 24.5 Å². The summed E-state index contributed by atoms with van der Waals surface area (Å²) in [5.41, 5.74) is -0.238. The largest absolute Gasteiger partial charge is 0.493 e. The van der Waals surface area contributed by atoms with E-state index in [1.807, 2.05) is 6.26 Å². The molecule has 0 fully saturated rings. The molecule has 1 aromatic carbocycles. The number of nitro benzene ring substituents is 1. The second-order valence-electron chi connectivity index (χ2n) is 5.41. The number of esters is 1. The summed E-state index contributed by atoms with van der Waals surface area (Å²) in [4.78, 5) is 34.7. The lowest BCUT2D eigenvalue weighted by Gasteiger charge is -2.16. The van der Waals surface area contributed by atoms with E-state index in [9.17, 15) is 19.7 Å². The number of carbonyl (C=O) groups is 2. The van der Waals surface area contributed by atoms with Crippen molar-refractivity contribution in [3.8, 4) is 17.6 Å². The van der Waals surface area contributed by atoms with Crippen molar-refractivity contribution in [1.29, 1.82) is 5.26 Å². The summed E-state index contributed by atoms with van der Waals surface area (Å²) in [6.45, 7) is -0.881. The third-order valence-corrected chi connectivity index (χ3v) is 4.25. The number of nitrogens with one attached hydrogen (secondary N) is 1. The van der Waals surface area contributed by atoms with Crippen molar-refractivity contribution in [3.63, 3.8) is 0 Å². The van der Waals surface area contributed by atoms with Crippen LogP contribution in [-0.4, -0.2) is 55.9 Å². The molecule has 158 valence electrons. The number of nitriles is 1. The maximum absolute atomic E-state index is 12.1. The summed E-state index contributed by atoms with van der Waals surface area (Å²) in [6, 6.07) is 3.15. The fourth-order valence-electron chi connectivity index (χ4n) is 2.21. The van der Waals surface area contributed by atoms with Gasteiger partial charge in [0, 0.05) is 0 Å². The molecule has 1 amide bonds. The van der Waals surface area contributed by atoms with Crippen molar-refractivity contribution in [2.24, 2.45) is 0 Å². The maximum Gasteiger partial charge on any atom is 0.408 e. The first-order valence-electron chi connectivity index (χ1n) is 8.23. The monoisotopic (exact) mass is 427 g/mol. The van der Waals surface area contributed by atoms with Crippen LogP contribution in [0.1, 0.15) is 12.0 Å². The lowest BCUT2D eigenvalue weighted by Crippen LogP contribution is -2.42. The number of amides is 1. The van der Waals surface area contributed by atoms with Gasteiger partial charge in [0.15, 0.2) is 18.1 Å². The van der Waals surface area contributed by atoms with Crippen LogP contribution < -0.4 is 14.8 Å². The molecule has 0 radical (unpaired) electrons. The Morgan fingerprint density at radius 3 is 2.48 bits per heavy atom. The van der Waals surface area contributed by atoms with E-state index < -0.39 is 36.2 Å². The van der Waals surface area contributed by atoms with Gasteiger partial charge in [-0.25, -0.2) is 9.59 Å². The molecular weight excluding hydrogens is 406 g/mol. The number of benzene rings is 1. The average Bonchev–Trinajstić information content (AvgIpc) is 2.72. The van der Waals surface area contributed by atoms with Crippen LogP contribution >= 0.6 is 11.8 Å². The first-order chi connectivity index (χ1) is 13.9. The molecule has 1 atom stereocenters. The Morgan fingerprint density at radius 1 is 1.28 bits per heavy atom. The zero-order valence-electron chi connectivity index (χ0n) is 16.1. The van der Waals surface area contributed by atoms with Crippen LogP contribution in [0.2, 0.25) is 0 Å². The molecule has 0 aliphatic heterocycles. The number of carbonyl (C=O) groups excluding carboxylic acids is 2. The standard InChI is InChI=1S/C17H21N3O8S/c1-25-14-8-11(13(20(23)24)9-15(14)26-2)10-28-17(22)19-12(4-7-29-3)16(21)27-6-5-18/h8-9,12H,4,6-7,10H2,1-3H3,(H,19,22)/t12-/m0/s1. The molecule has 1 rings (SSSR count). The van der Waals surface area contributed by atoms with Crippen molar-refractivity contribution >= 4 is 29.5 Å². The highest BCUT2D eigenvalue weighted by Crippen LogP contribution is 2.34. The molecule has 0 aliphatic carbocycles. The summed E-state index contributed by atoms with van der Waals surface area (Å²) in [7, 11) is 2.70. The summed E-state index contributed by atoms with van der Waals surface area (Å²) in [5, 5.41) is 22.1. The second-order valence-corrected chi connectivity index (χ2v) is 6.40. The van der Waals surface area contributed by atoms with E-state index in [1.165, 1.54) is 32.0 Å². The number of alkyl carbamates (subject to hydrolysis) is 1. The summed E-state index contributed by atoms with van der Waals surface area (Å²) >= 11 is 1.46. The van der Waals surface area contributed by atoms with E-state index in [-0.39, 0.29) is 29.2 Å². The SMILES string of the molecule is COc1cc(COC(=O)N[C@@H](CCSC)C(=O)OCC#N)c([N+](=O)[O-])cc1OC. The van der Waals surface area contributed by atoms with Crippen molar-refractivity contribution in [1.82, 2.24) is 5.32 Å². The van der Waals surface area contributed by atoms with Gasteiger partial charge in [-0.1, -0.05) is 0 Å². The molecule has 0 bridgehead atoms.